The average molecular weight is 297 g/mol. The van der Waals surface area contributed by atoms with E-state index in [1.807, 2.05) is 0 Å². The smallest absolute Gasteiger partial charge is 0.313 e. The van der Waals surface area contributed by atoms with Crippen molar-refractivity contribution < 1.29 is 14.4 Å². The van der Waals surface area contributed by atoms with Crippen molar-refractivity contribution in [2.75, 3.05) is 12.8 Å². The summed E-state index contributed by atoms with van der Waals surface area (Å²) in [6, 6.07) is 5.37. The van der Waals surface area contributed by atoms with E-state index in [2.05, 4.69) is 9.97 Å². The maximum absolute atomic E-state index is 10.9. The Labute approximate surface area is 118 Å². The summed E-state index contributed by atoms with van der Waals surface area (Å²) in [7, 11) is 1.40. The zero-order chi connectivity index (χ0) is 14.7. The molecule has 0 aliphatic carbocycles. The number of nitrogens with zero attached hydrogens (tertiary/aromatic N) is 3. The summed E-state index contributed by atoms with van der Waals surface area (Å²) in [6.07, 6.45) is 0. The Morgan fingerprint density at radius 1 is 1.30 bits per heavy atom. The highest BCUT2D eigenvalue weighted by Crippen LogP contribution is 2.33. The summed E-state index contributed by atoms with van der Waals surface area (Å²) in [4.78, 5) is 17.9. The number of methoxy groups -OCH3 is 1. The Kier molecular flexibility index (Phi) is 3.85. The van der Waals surface area contributed by atoms with Gasteiger partial charge in [0.2, 0.25) is 23.5 Å². The third kappa shape index (κ3) is 3.04. The highest BCUT2D eigenvalue weighted by atomic mass is 35.5. The Morgan fingerprint density at radius 2 is 2.00 bits per heavy atom. The summed E-state index contributed by atoms with van der Waals surface area (Å²) in [6.45, 7) is 0. The summed E-state index contributed by atoms with van der Waals surface area (Å²) < 4.78 is 10.2. The maximum atomic E-state index is 10.9. The van der Waals surface area contributed by atoms with Crippen LogP contribution in [0.25, 0.3) is 0 Å². The summed E-state index contributed by atoms with van der Waals surface area (Å²) >= 11 is 5.71. The lowest BCUT2D eigenvalue weighted by atomic mass is 10.3. The number of nitrogen functional groups attached to an aromatic ring is 1. The minimum atomic E-state index is -0.608. The van der Waals surface area contributed by atoms with E-state index in [-0.39, 0.29) is 34.2 Å². The molecule has 0 atom stereocenters. The van der Waals surface area contributed by atoms with Gasteiger partial charge in [0.05, 0.1) is 18.1 Å². The Bertz CT molecular complexity index is 665. The number of halogens is 1. The van der Waals surface area contributed by atoms with Gasteiger partial charge in [-0.3, -0.25) is 10.1 Å². The van der Waals surface area contributed by atoms with Crippen molar-refractivity contribution in [1.29, 1.82) is 0 Å². The standard InChI is InChI=1S/C11H9ClN4O4/c1-19-9-5-10(15-11(13)14-9)20-8-3-2-6(12)4-7(8)16(17)18/h2-5H,1H3,(H2,13,14,15). The highest BCUT2D eigenvalue weighted by Gasteiger charge is 2.17. The molecule has 8 nitrogen and oxygen atoms in total. The molecule has 20 heavy (non-hydrogen) atoms. The number of hydrogen-bond donors (Lipinski definition) is 1. The van der Waals surface area contributed by atoms with E-state index >= 15 is 0 Å². The quantitative estimate of drug-likeness (QED) is 0.680. The molecule has 0 fully saturated rings. The van der Waals surface area contributed by atoms with Crippen molar-refractivity contribution >= 4 is 23.2 Å². The molecule has 1 aromatic carbocycles. The fraction of sp³-hybridized carbons (Fsp3) is 0.0909. The molecule has 0 radical (unpaired) electrons. The zero-order valence-electron chi connectivity index (χ0n) is 10.2. The zero-order valence-corrected chi connectivity index (χ0v) is 11.0. The third-order valence-electron chi connectivity index (χ3n) is 2.24. The molecule has 0 saturated carbocycles. The van der Waals surface area contributed by atoms with Crippen LogP contribution in [0.4, 0.5) is 11.6 Å². The van der Waals surface area contributed by atoms with E-state index in [4.69, 9.17) is 26.8 Å². The van der Waals surface area contributed by atoms with Gasteiger partial charge in [-0.05, 0) is 12.1 Å². The maximum Gasteiger partial charge on any atom is 0.313 e. The third-order valence-corrected chi connectivity index (χ3v) is 2.47. The number of anilines is 1. The molecule has 0 saturated heterocycles. The largest absolute Gasteiger partial charge is 0.481 e. The minimum absolute atomic E-state index is 0.0143. The molecular weight excluding hydrogens is 288 g/mol. The molecule has 0 amide bonds. The summed E-state index contributed by atoms with van der Waals surface area (Å²) in [5, 5.41) is 11.2. The molecule has 9 heteroatoms. The Morgan fingerprint density at radius 3 is 2.65 bits per heavy atom. The van der Waals surface area contributed by atoms with E-state index in [1.54, 1.807) is 0 Å². The predicted octanol–water partition coefficient (Wildman–Crippen LogP) is 2.42. The minimum Gasteiger partial charge on any atom is -0.481 e. The van der Waals surface area contributed by atoms with Gasteiger partial charge < -0.3 is 15.2 Å². The van der Waals surface area contributed by atoms with E-state index < -0.39 is 4.92 Å². The second-order valence-electron chi connectivity index (χ2n) is 3.58. The highest BCUT2D eigenvalue weighted by molar-refractivity contribution is 6.30. The van der Waals surface area contributed by atoms with Crippen molar-refractivity contribution in [3.8, 4) is 17.5 Å². The van der Waals surface area contributed by atoms with Crippen LogP contribution in [0, 0.1) is 10.1 Å². The van der Waals surface area contributed by atoms with Crippen LogP contribution in [0.2, 0.25) is 5.02 Å². The Balaban J connectivity index is 2.39. The lowest BCUT2D eigenvalue weighted by Gasteiger charge is -2.07. The van der Waals surface area contributed by atoms with Gasteiger partial charge in [0.25, 0.3) is 0 Å². The molecule has 0 bridgehead atoms. The van der Waals surface area contributed by atoms with E-state index in [0.717, 1.165) is 0 Å². The number of nitrogens with two attached hydrogens (primary N) is 1. The van der Waals surface area contributed by atoms with Crippen LogP contribution in [0.5, 0.6) is 17.5 Å². The number of hydrogen-bond acceptors (Lipinski definition) is 7. The molecule has 0 unspecified atom stereocenters. The van der Waals surface area contributed by atoms with Gasteiger partial charge in [0, 0.05) is 11.1 Å². The van der Waals surface area contributed by atoms with E-state index in [1.165, 1.54) is 31.4 Å². The number of ether oxygens (including phenoxy) is 2. The van der Waals surface area contributed by atoms with Gasteiger partial charge in [0.1, 0.15) is 0 Å². The first-order valence-corrected chi connectivity index (χ1v) is 5.67. The van der Waals surface area contributed by atoms with E-state index in [9.17, 15) is 10.1 Å². The first-order chi connectivity index (χ1) is 9.49. The van der Waals surface area contributed by atoms with Crippen LogP contribution >= 0.6 is 11.6 Å². The van der Waals surface area contributed by atoms with Gasteiger partial charge in [-0.1, -0.05) is 11.6 Å². The topological polar surface area (TPSA) is 113 Å². The number of rotatable bonds is 4. The van der Waals surface area contributed by atoms with Crippen LogP contribution < -0.4 is 15.2 Å². The van der Waals surface area contributed by atoms with Gasteiger partial charge in [-0.2, -0.15) is 9.97 Å². The molecule has 2 aromatic rings. The second kappa shape index (κ2) is 5.57. The number of benzene rings is 1. The molecule has 104 valence electrons. The molecule has 2 rings (SSSR count). The number of nitro groups is 1. The fourth-order valence-corrected chi connectivity index (χ4v) is 1.58. The first kappa shape index (κ1) is 13.8. The van der Waals surface area contributed by atoms with Crippen LogP contribution in [0.1, 0.15) is 0 Å². The average Bonchev–Trinajstić information content (AvgIpc) is 2.40. The van der Waals surface area contributed by atoms with Crippen molar-refractivity contribution in [1.82, 2.24) is 9.97 Å². The van der Waals surface area contributed by atoms with Gasteiger partial charge in [-0.25, -0.2) is 0 Å². The van der Waals surface area contributed by atoms with E-state index in [0.29, 0.717) is 0 Å². The first-order valence-electron chi connectivity index (χ1n) is 5.30. The fourth-order valence-electron chi connectivity index (χ4n) is 1.41. The van der Waals surface area contributed by atoms with Crippen LogP contribution in [-0.2, 0) is 0 Å². The monoisotopic (exact) mass is 296 g/mol. The van der Waals surface area contributed by atoms with Crippen molar-refractivity contribution in [2.24, 2.45) is 0 Å². The predicted molar refractivity (Wildman–Crippen MR) is 71.2 cm³/mol. The number of aromatic nitrogens is 2. The van der Waals surface area contributed by atoms with Crippen molar-refractivity contribution in [3.63, 3.8) is 0 Å². The molecule has 1 aromatic heterocycles. The van der Waals surface area contributed by atoms with Crippen LogP contribution in [0.15, 0.2) is 24.3 Å². The normalized spacial score (nSPS) is 10.1. The lowest BCUT2D eigenvalue weighted by Crippen LogP contribution is -2.00. The molecule has 1 heterocycles. The molecular formula is C11H9ClN4O4. The van der Waals surface area contributed by atoms with Crippen molar-refractivity contribution in [2.45, 2.75) is 0 Å². The molecule has 2 N–H and O–H groups in total. The van der Waals surface area contributed by atoms with Crippen LogP contribution in [0.3, 0.4) is 0 Å². The lowest BCUT2D eigenvalue weighted by molar-refractivity contribution is -0.385. The van der Waals surface area contributed by atoms with Gasteiger partial charge in [-0.15, -0.1) is 0 Å². The molecule has 0 aliphatic rings. The van der Waals surface area contributed by atoms with Crippen molar-refractivity contribution in [3.05, 3.63) is 39.4 Å². The second-order valence-corrected chi connectivity index (χ2v) is 4.01. The summed E-state index contributed by atoms with van der Waals surface area (Å²) in [5.41, 5.74) is 5.19. The summed E-state index contributed by atoms with van der Waals surface area (Å²) in [5.74, 6) is 0.124. The van der Waals surface area contributed by atoms with Crippen LogP contribution in [-0.4, -0.2) is 22.0 Å². The molecule has 0 spiro atoms. The van der Waals surface area contributed by atoms with Gasteiger partial charge in [0.15, 0.2) is 0 Å². The Hall–Kier alpha value is -2.61. The van der Waals surface area contributed by atoms with Gasteiger partial charge >= 0.3 is 5.69 Å². The SMILES string of the molecule is COc1cc(Oc2ccc(Cl)cc2[N+](=O)[O-])nc(N)n1. The molecule has 0 aliphatic heterocycles. The number of nitro benzene ring substituents is 1.